The number of aliphatic imine (C=N–C) groups is 1. The van der Waals surface area contributed by atoms with Crippen LogP contribution in [0.3, 0.4) is 0 Å². The largest absolute Gasteiger partial charge is 0.366 e. The van der Waals surface area contributed by atoms with Crippen molar-refractivity contribution < 1.29 is 5.11 Å². The molecule has 0 aliphatic carbocycles. The number of anilines is 1. The molecule has 0 radical (unpaired) electrons. The summed E-state index contributed by atoms with van der Waals surface area (Å²) in [5.74, 6) is 0.454. The molecule has 6 nitrogen and oxygen atoms in total. The quantitative estimate of drug-likeness (QED) is 0.513. The van der Waals surface area contributed by atoms with Crippen LogP contribution in [0.15, 0.2) is 11.3 Å². The first kappa shape index (κ1) is 6.17. The molecule has 0 bridgehead atoms. The molecule has 11 heavy (non-hydrogen) atoms. The van der Waals surface area contributed by atoms with Crippen molar-refractivity contribution in [3.05, 3.63) is 12.0 Å². The lowest BCUT2D eigenvalue weighted by Crippen LogP contribution is -2.13. The van der Waals surface area contributed by atoms with E-state index in [0.717, 1.165) is 0 Å². The number of rotatable bonds is 0. The Bertz CT molecular complexity index is 299. The molecule has 0 saturated carbocycles. The minimum atomic E-state index is -0.915. The van der Waals surface area contributed by atoms with Crippen LogP contribution in [0.4, 0.5) is 5.82 Å². The summed E-state index contributed by atoms with van der Waals surface area (Å²) in [7, 11) is 0. The van der Waals surface area contributed by atoms with E-state index in [1.807, 2.05) is 0 Å². The van der Waals surface area contributed by atoms with Crippen LogP contribution in [0.5, 0.6) is 0 Å². The summed E-state index contributed by atoms with van der Waals surface area (Å²) < 4.78 is 0. The van der Waals surface area contributed by atoms with Gasteiger partial charge in [-0.3, -0.25) is 0 Å². The van der Waals surface area contributed by atoms with Gasteiger partial charge >= 0.3 is 0 Å². The highest BCUT2D eigenvalue weighted by atomic mass is 16.3. The SMILES string of the molecule is OC1N=CNc2nncnc21. The molecule has 0 aromatic carbocycles. The maximum absolute atomic E-state index is 9.19. The van der Waals surface area contributed by atoms with E-state index in [9.17, 15) is 5.11 Å². The summed E-state index contributed by atoms with van der Waals surface area (Å²) >= 11 is 0. The molecular formula is C5H5N5O. The van der Waals surface area contributed by atoms with Crippen molar-refractivity contribution in [2.75, 3.05) is 5.32 Å². The van der Waals surface area contributed by atoms with Crippen molar-refractivity contribution in [1.29, 1.82) is 0 Å². The van der Waals surface area contributed by atoms with Gasteiger partial charge in [0.1, 0.15) is 12.0 Å². The zero-order valence-electron chi connectivity index (χ0n) is 5.47. The Labute approximate surface area is 62.0 Å². The lowest BCUT2D eigenvalue weighted by Gasteiger charge is -2.12. The standard InChI is InChI=1S/C5H5N5O/c11-5-3-4(7-1-8-5)10-9-2-6-3/h1-2,5,11H,(H,7,8,10). The Kier molecular flexibility index (Phi) is 1.26. The second kappa shape index (κ2) is 2.24. The van der Waals surface area contributed by atoms with Gasteiger partial charge in [0.05, 0.1) is 6.34 Å². The van der Waals surface area contributed by atoms with E-state index < -0.39 is 6.23 Å². The fourth-order valence-corrected chi connectivity index (χ4v) is 0.815. The Balaban J connectivity index is 2.50. The molecule has 1 aliphatic rings. The van der Waals surface area contributed by atoms with Crippen LogP contribution >= 0.6 is 0 Å². The molecule has 2 rings (SSSR count). The van der Waals surface area contributed by atoms with E-state index in [1.54, 1.807) is 0 Å². The number of nitrogens with zero attached hydrogens (tertiary/aromatic N) is 4. The summed E-state index contributed by atoms with van der Waals surface area (Å²) in [6, 6.07) is 0. The van der Waals surface area contributed by atoms with E-state index >= 15 is 0 Å². The van der Waals surface area contributed by atoms with Gasteiger partial charge in [0, 0.05) is 0 Å². The first-order chi connectivity index (χ1) is 5.38. The van der Waals surface area contributed by atoms with Crippen molar-refractivity contribution in [2.24, 2.45) is 4.99 Å². The summed E-state index contributed by atoms with van der Waals surface area (Å²) in [5.41, 5.74) is 0.405. The fraction of sp³-hybridized carbons (Fsp3) is 0.200. The van der Waals surface area contributed by atoms with Crippen molar-refractivity contribution in [3.8, 4) is 0 Å². The van der Waals surface area contributed by atoms with Crippen LogP contribution in [0.1, 0.15) is 11.9 Å². The van der Waals surface area contributed by atoms with Crippen LogP contribution in [0, 0.1) is 0 Å². The van der Waals surface area contributed by atoms with Crippen molar-refractivity contribution >= 4 is 12.2 Å². The molecule has 56 valence electrons. The maximum Gasteiger partial charge on any atom is 0.193 e. The second-order valence-electron chi connectivity index (χ2n) is 1.99. The number of aliphatic hydroxyl groups excluding tert-OH is 1. The fourth-order valence-electron chi connectivity index (χ4n) is 0.815. The third kappa shape index (κ3) is 0.926. The highest BCUT2D eigenvalue weighted by Crippen LogP contribution is 2.19. The Morgan fingerprint density at radius 3 is 3.27 bits per heavy atom. The molecule has 1 aromatic rings. The lowest BCUT2D eigenvalue weighted by atomic mass is 10.3. The maximum atomic E-state index is 9.19. The third-order valence-corrected chi connectivity index (χ3v) is 1.31. The average molecular weight is 151 g/mol. The van der Waals surface area contributed by atoms with Crippen LogP contribution < -0.4 is 5.32 Å². The molecule has 0 fully saturated rings. The summed E-state index contributed by atoms with van der Waals surface area (Å²) in [6.45, 7) is 0. The van der Waals surface area contributed by atoms with Gasteiger partial charge in [0.25, 0.3) is 0 Å². The number of aliphatic hydroxyl groups is 1. The van der Waals surface area contributed by atoms with Crippen LogP contribution in [0.2, 0.25) is 0 Å². The first-order valence-electron chi connectivity index (χ1n) is 3.02. The smallest absolute Gasteiger partial charge is 0.193 e. The van der Waals surface area contributed by atoms with E-state index in [0.29, 0.717) is 11.5 Å². The molecule has 6 heteroatoms. The summed E-state index contributed by atoms with van der Waals surface area (Å²) in [6.07, 6.45) is 1.72. The van der Waals surface area contributed by atoms with E-state index in [2.05, 4.69) is 25.5 Å². The topological polar surface area (TPSA) is 83.3 Å². The molecule has 0 spiro atoms. The zero-order chi connectivity index (χ0) is 7.68. The normalized spacial score (nSPS) is 20.6. The Morgan fingerprint density at radius 2 is 2.45 bits per heavy atom. The lowest BCUT2D eigenvalue weighted by molar-refractivity contribution is 0.183. The van der Waals surface area contributed by atoms with Gasteiger partial charge < -0.3 is 10.4 Å². The van der Waals surface area contributed by atoms with Crippen molar-refractivity contribution in [3.63, 3.8) is 0 Å². The Morgan fingerprint density at radius 1 is 1.55 bits per heavy atom. The van der Waals surface area contributed by atoms with Crippen molar-refractivity contribution in [1.82, 2.24) is 15.2 Å². The van der Waals surface area contributed by atoms with Gasteiger partial charge in [-0.05, 0) is 0 Å². The Hall–Kier alpha value is -1.56. The van der Waals surface area contributed by atoms with Gasteiger partial charge in [0.15, 0.2) is 12.0 Å². The second-order valence-corrected chi connectivity index (χ2v) is 1.99. The number of hydrogen-bond donors (Lipinski definition) is 2. The predicted molar refractivity (Wildman–Crippen MR) is 36.9 cm³/mol. The van der Waals surface area contributed by atoms with Gasteiger partial charge in [-0.25, -0.2) is 9.98 Å². The molecule has 2 heterocycles. The molecular weight excluding hydrogens is 146 g/mol. The van der Waals surface area contributed by atoms with Crippen molar-refractivity contribution in [2.45, 2.75) is 6.23 Å². The van der Waals surface area contributed by atoms with Gasteiger partial charge in [-0.2, -0.15) is 0 Å². The number of aromatic nitrogens is 3. The van der Waals surface area contributed by atoms with E-state index in [4.69, 9.17) is 0 Å². The molecule has 1 atom stereocenters. The number of nitrogens with one attached hydrogen (secondary N) is 1. The van der Waals surface area contributed by atoms with Gasteiger partial charge in [-0.15, -0.1) is 10.2 Å². The summed E-state index contributed by atoms with van der Waals surface area (Å²) in [5, 5.41) is 19.1. The molecule has 1 unspecified atom stereocenters. The molecule has 0 saturated heterocycles. The number of fused-ring (bicyclic) bond motifs is 1. The molecule has 1 aliphatic heterocycles. The average Bonchev–Trinajstić information content (AvgIpc) is 2.06. The highest BCUT2D eigenvalue weighted by Gasteiger charge is 2.16. The van der Waals surface area contributed by atoms with Crippen LogP contribution in [-0.4, -0.2) is 26.6 Å². The van der Waals surface area contributed by atoms with Gasteiger partial charge in [-0.1, -0.05) is 0 Å². The first-order valence-corrected chi connectivity index (χ1v) is 3.02. The highest BCUT2D eigenvalue weighted by molar-refractivity contribution is 5.76. The molecule has 2 N–H and O–H groups in total. The van der Waals surface area contributed by atoms with Gasteiger partial charge in [0.2, 0.25) is 0 Å². The number of hydrogen-bond acceptors (Lipinski definition) is 6. The van der Waals surface area contributed by atoms with E-state index in [1.165, 1.54) is 12.7 Å². The monoisotopic (exact) mass is 151 g/mol. The molecule has 0 amide bonds. The minimum Gasteiger partial charge on any atom is -0.366 e. The molecule has 1 aromatic heterocycles. The predicted octanol–water partition coefficient (Wildman–Crippen LogP) is -0.684. The van der Waals surface area contributed by atoms with Crippen LogP contribution in [-0.2, 0) is 0 Å². The third-order valence-electron chi connectivity index (χ3n) is 1.31. The van der Waals surface area contributed by atoms with E-state index in [-0.39, 0.29) is 0 Å². The van der Waals surface area contributed by atoms with Crippen LogP contribution in [0.25, 0.3) is 0 Å². The minimum absolute atomic E-state index is 0.405. The summed E-state index contributed by atoms with van der Waals surface area (Å²) in [4.78, 5) is 7.46. The zero-order valence-corrected chi connectivity index (χ0v) is 5.47.